The molecule has 4 rings (SSSR count). The van der Waals surface area contributed by atoms with Gasteiger partial charge in [0.25, 0.3) is 0 Å². The summed E-state index contributed by atoms with van der Waals surface area (Å²) in [5.74, 6) is 0.381. The fraction of sp³-hybridized carbons (Fsp3) is 0.368. The van der Waals surface area contributed by atoms with E-state index < -0.39 is 5.91 Å². The van der Waals surface area contributed by atoms with Gasteiger partial charge in [0.05, 0.1) is 5.69 Å². The molecule has 130 valence electrons. The van der Waals surface area contributed by atoms with Gasteiger partial charge in [-0.2, -0.15) is 11.8 Å². The number of thioether (sulfide) groups is 1. The van der Waals surface area contributed by atoms with E-state index >= 15 is 0 Å². The standard InChI is InChI=1S/C19H20FN3OS/c20-15-2-1-6-22-17(15)9-13-10-19(5-7-25-13)11-23-16-4-3-12(18(21)24)8-14(16)19/h1-4,6,8,13,23H,5,7,9-11H2,(H2,21,24). The van der Waals surface area contributed by atoms with Crippen LogP contribution in [0.15, 0.2) is 36.5 Å². The summed E-state index contributed by atoms with van der Waals surface area (Å²) in [5, 5.41) is 3.78. The van der Waals surface area contributed by atoms with Crippen LogP contribution in [0.4, 0.5) is 10.1 Å². The number of benzene rings is 1. The quantitative estimate of drug-likeness (QED) is 0.886. The lowest BCUT2D eigenvalue weighted by molar-refractivity contribution is 0.1000. The number of nitrogens with zero attached hydrogens (tertiary/aromatic N) is 1. The van der Waals surface area contributed by atoms with Crippen LogP contribution >= 0.6 is 11.8 Å². The smallest absolute Gasteiger partial charge is 0.248 e. The Balaban J connectivity index is 1.61. The molecule has 1 spiro atoms. The number of primary amides is 1. The molecule has 1 amide bonds. The summed E-state index contributed by atoms with van der Waals surface area (Å²) < 4.78 is 14.0. The van der Waals surface area contributed by atoms with Crippen molar-refractivity contribution >= 4 is 23.4 Å². The SMILES string of the molecule is NC(=O)c1ccc2c(c1)C1(CCSC(Cc3ncccc3F)C1)CN2. The number of nitrogens with one attached hydrogen (secondary N) is 1. The highest BCUT2D eigenvalue weighted by molar-refractivity contribution is 7.99. The average Bonchev–Trinajstić information content (AvgIpc) is 2.95. The molecule has 4 nitrogen and oxygen atoms in total. The molecule has 6 heteroatoms. The molecule has 1 aromatic heterocycles. The number of rotatable bonds is 3. The molecule has 2 aromatic rings. The van der Waals surface area contributed by atoms with Crippen molar-refractivity contribution in [2.75, 3.05) is 17.6 Å². The molecule has 2 unspecified atom stereocenters. The molecule has 1 aromatic carbocycles. The van der Waals surface area contributed by atoms with Gasteiger partial charge in [0, 0.05) is 41.1 Å². The fourth-order valence-corrected chi connectivity index (χ4v) is 5.54. The molecule has 2 aliphatic heterocycles. The van der Waals surface area contributed by atoms with Gasteiger partial charge in [-0.3, -0.25) is 9.78 Å². The molecule has 3 N–H and O–H groups in total. The van der Waals surface area contributed by atoms with Crippen molar-refractivity contribution in [3.05, 3.63) is 59.2 Å². The third kappa shape index (κ3) is 2.99. The molecule has 2 aliphatic rings. The minimum absolute atomic E-state index is 0.0119. The van der Waals surface area contributed by atoms with Gasteiger partial charge >= 0.3 is 0 Å². The van der Waals surface area contributed by atoms with Crippen molar-refractivity contribution in [2.45, 2.75) is 29.9 Å². The van der Waals surface area contributed by atoms with Crippen molar-refractivity contribution in [3.8, 4) is 0 Å². The molecule has 1 fully saturated rings. The molecule has 0 bridgehead atoms. The molecule has 0 saturated carbocycles. The van der Waals surface area contributed by atoms with Gasteiger partial charge in [-0.1, -0.05) is 0 Å². The monoisotopic (exact) mass is 357 g/mol. The van der Waals surface area contributed by atoms with E-state index in [-0.39, 0.29) is 11.2 Å². The van der Waals surface area contributed by atoms with E-state index in [1.807, 2.05) is 23.9 Å². The lowest BCUT2D eigenvalue weighted by atomic mass is 9.74. The highest BCUT2D eigenvalue weighted by Gasteiger charge is 2.43. The number of anilines is 1. The Hall–Kier alpha value is -2.08. The van der Waals surface area contributed by atoms with Crippen molar-refractivity contribution < 1.29 is 9.18 Å². The zero-order valence-corrected chi connectivity index (χ0v) is 14.6. The summed E-state index contributed by atoms with van der Waals surface area (Å²) in [7, 11) is 0. The Morgan fingerprint density at radius 2 is 2.32 bits per heavy atom. The van der Waals surface area contributed by atoms with Gasteiger partial charge in [0.2, 0.25) is 5.91 Å². The van der Waals surface area contributed by atoms with Crippen LogP contribution in [-0.2, 0) is 11.8 Å². The number of nitrogens with two attached hydrogens (primary N) is 1. The lowest BCUT2D eigenvalue weighted by Crippen LogP contribution is -2.37. The van der Waals surface area contributed by atoms with Crippen LogP contribution in [0.3, 0.4) is 0 Å². The zero-order chi connectivity index (χ0) is 17.4. The van der Waals surface area contributed by atoms with Crippen molar-refractivity contribution in [1.29, 1.82) is 0 Å². The molecule has 1 saturated heterocycles. The predicted molar refractivity (Wildman–Crippen MR) is 98.5 cm³/mol. The van der Waals surface area contributed by atoms with Crippen molar-refractivity contribution in [2.24, 2.45) is 5.73 Å². The van der Waals surface area contributed by atoms with E-state index in [0.29, 0.717) is 22.9 Å². The number of hydrogen-bond donors (Lipinski definition) is 2. The maximum atomic E-state index is 14.0. The predicted octanol–water partition coefficient (Wildman–Crippen LogP) is 3.12. The minimum atomic E-state index is -0.401. The third-order valence-electron chi connectivity index (χ3n) is 5.30. The first-order valence-electron chi connectivity index (χ1n) is 8.47. The molecular formula is C19H20FN3OS. The van der Waals surface area contributed by atoms with Crippen LogP contribution in [0.1, 0.15) is 34.5 Å². The number of halogens is 1. The summed E-state index contributed by atoms with van der Waals surface area (Å²) in [6.45, 7) is 0.853. The number of amides is 1. The minimum Gasteiger partial charge on any atom is -0.384 e. The number of carbonyl (C=O) groups is 1. The Bertz CT molecular complexity index is 824. The summed E-state index contributed by atoms with van der Waals surface area (Å²) in [5.41, 5.74) is 8.79. The summed E-state index contributed by atoms with van der Waals surface area (Å²) in [4.78, 5) is 15.8. The normalized spacial score (nSPS) is 24.8. The highest BCUT2D eigenvalue weighted by Crippen LogP contribution is 2.48. The first kappa shape index (κ1) is 16.4. The third-order valence-corrected chi connectivity index (χ3v) is 6.55. The number of fused-ring (bicyclic) bond motifs is 2. The van der Waals surface area contributed by atoms with E-state index in [4.69, 9.17) is 5.73 Å². The second-order valence-electron chi connectivity index (χ2n) is 6.84. The molecule has 2 atom stereocenters. The number of pyridine rings is 1. The Kier molecular flexibility index (Phi) is 4.15. The van der Waals surface area contributed by atoms with Gasteiger partial charge < -0.3 is 11.1 Å². The van der Waals surface area contributed by atoms with Crippen LogP contribution in [0.2, 0.25) is 0 Å². The summed E-state index contributed by atoms with van der Waals surface area (Å²) in [6, 6.07) is 8.74. The van der Waals surface area contributed by atoms with E-state index in [1.54, 1.807) is 18.3 Å². The van der Waals surface area contributed by atoms with Gasteiger partial charge in [0.1, 0.15) is 5.82 Å². The summed E-state index contributed by atoms with van der Waals surface area (Å²) >= 11 is 1.89. The maximum absolute atomic E-state index is 14.0. The second kappa shape index (κ2) is 6.33. The van der Waals surface area contributed by atoms with Crippen LogP contribution in [-0.4, -0.2) is 28.4 Å². The zero-order valence-electron chi connectivity index (χ0n) is 13.8. The van der Waals surface area contributed by atoms with E-state index in [0.717, 1.165) is 30.8 Å². The van der Waals surface area contributed by atoms with E-state index in [2.05, 4.69) is 10.3 Å². The maximum Gasteiger partial charge on any atom is 0.248 e. The van der Waals surface area contributed by atoms with Crippen LogP contribution < -0.4 is 11.1 Å². The van der Waals surface area contributed by atoms with E-state index in [1.165, 1.54) is 11.6 Å². The average molecular weight is 357 g/mol. The topological polar surface area (TPSA) is 68.0 Å². The highest BCUT2D eigenvalue weighted by atomic mass is 32.2. The number of aromatic nitrogens is 1. The molecule has 3 heterocycles. The fourth-order valence-electron chi connectivity index (χ4n) is 3.99. The van der Waals surface area contributed by atoms with Gasteiger partial charge in [-0.15, -0.1) is 0 Å². The largest absolute Gasteiger partial charge is 0.384 e. The molecular weight excluding hydrogens is 337 g/mol. The first-order valence-corrected chi connectivity index (χ1v) is 9.51. The summed E-state index contributed by atoms with van der Waals surface area (Å²) in [6.07, 6.45) is 4.26. The number of hydrogen-bond acceptors (Lipinski definition) is 4. The first-order chi connectivity index (χ1) is 12.1. The van der Waals surface area contributed by atoms with Crippen LogP contribution in [0, 0.1) is 5.82 Å². The second-order valence-corrected chi connectivity index (χ2v) is 8.25. The molecule has 0 radical (unpaired) electrons. The Morgan fingerprint density at radius 3 is 3.12 bits per heavy atom. The van der Waals surface area contributed by atoms with Crippen LogP contribution in [0.25, 0.3) is 0 Å². The lowest BCUT2D eigenvalue weighted by Gasteiger charge is -2.38. The Labute approximate surface area is 150 Å². The van der Waals surface area contributed by atoms with Gasteiger partial charge in [-0.25, -0.2) is 4.39 Å². The molecule has 25 heavy (non-hydrogen) atoms. The van der Waals surface area contributed by atoms with Gasteiger partial charge in [-0.05, 0) is 54.5 Å². The molecule has 0 aliphatic carbocycles. The van der Waals surface area contributed by atoms with E-state index in [9.17, 15) is 9.18 Å². The van der Waals surface area contributed by atoms with Gasteiger partial charge in [0.15, 0.2) is 0 Å². The number of carbonyl (C=O) groups excluding carboxylic acids is 1. The van der Waals surface area contributed by atoms with Crippen molar-refractivity contribution in [3.63, 3.8) is 0 Å². The van der Waals surface area contributed by atoms with Crippen molar-refractivity contribution in [1.82, 2.24) is 4.98 Å². The Morgan fingerprint density at radius 1 is 1.44 bits per heavy atom. The van der Waals surface area contributed by atoms with Crippen LogP contribution in [0.5, 0.6) is 0 Å².